The van der Waals surface area contributed by atoms with Gasteiger partial charge in [0.05, 0.1) is 0 Å². The Morgan fingerprint density at radius 1 is 1.21 bits per heavy atom. The van der Waals surface area contributed by atoms with Gasteiger partial charge >= 0.3 is 0 Å². The Hall–Kier alpha value is -1.81. The number of rotatable bonds is 7. The largest absolute Gasteiger partial charge is 0.396 e. The van der Waals surface area contributed by atoms with Crippen LogP contribution in [0.1, 0.15) is 45.1 Å². The fraction of sp³-hybridized carbons (Fsp3) is 0.550. The summed E-state index contributed by atoms with van der Waals surface area (Å²) in [7, 11) is 0. The van der Waals surface area contributed by atoms with Crippen molar-refractivity contribution in [1.29, 1.82) is 0 Å². The van der Waals surface area contributed by atoms with E-state index in [4.69, 9.17) is 0 Å². The second-order valence-electron chi connectivity index (χ2n) is 6.51. The highest BCUT2D eigenvalue weighted by Gasteiger charge is 2.18. The molecule has 1 amide bonds. The van der Waals surface area contributed by atoms with E-state index < -0.39 is 0 Å². The molecule has 0 bridgehead atoms. The van der Waals surface area contributed by atoms with Crippen LogP contribution < -0.4 is 10.2 Å². The van der Waals surface area contributed by atoms with Crippen LogP contribution in [0.2, 0.25) is 0 Å². The lowest BCUT2D eigenvalue weighted by Gasteiger charge is -2.33. The number of hydrogen-bond donors (Lipinski definition) is 2. The number of allylic oxidation sites excluding steroid dienone is 1. The van der Waals surface area contributed by atoms with Crippen molar-refractivity contribution in [1.82, 2.24) is 5.32 Å². The normalized spacial score (nSPS) is 15.2. The molecule has 1 aliphatic rings. The second kappa shape index (κ2) is 9.48. The van der Waals surface area contributed by atoms with E-state index in [1.54, 1.807) is 6.08 Å². The molecule has 4 heteroatoms. The number of anilines is 1. The first-order chi connectivity index (χ1) is 11.7. The van der Waals surface area contributed by atoms with Crippen molar-refractivity contribution in [2.45, 2.75) is 46.1 Å². The molecule has 1 fully saturated rings. The maximum Gasteiger partial charge on any atom is 0.244 e. The molecule has 0 atom stereocenters. The fourth-order valence-corrected chi connectivity index (χ4v) is 3.08. The zero-order valence-corrected chi connectivity index (χ0v) is 14.9. The number of carbonyl (C=O) groups is 1. The summed E-state index contributed by atoms with van der Waals surface area (Å²) in [6.45, 7) is 7.02. The van der Waals surface area contributed by atoms with Crippen LogP contribution in [0.4, 0.5) is 5.69 Å². The van der Waals surface area contributed by atoms with E-state index in [2.05, 4.69) is 48.3 Å². The Balaban J connectivity index is 1.84. The highest BCUT2D eigenvalue weighted by molar-refractivity contribution is 5.88. The molecule has 2 N–H and O–H groups in total. The van der Waals surface area contributed by atoms with E-state index in [1.165, 1.54) is 11.3 Å². The average molecular weight is 330 g/mol. The molecule has 132 valence electrons. The van der Waals surface area contributed by atoms with Crippen LogP contribution in [0, 0.1) is 5.92 Å². The predicted octanol–water partition coefficient (Wildman–Crippen LogP) is 3.26. The smallest absolute Gasteiger partial charge is 0.244 e. The monoisotopic (exact) mass is 330 g/mol. The molecule has 24 heavy (non-hydrogen) atoms. The first-order valence-corrected chi connectivity index (χ1v) is 9.08. The van der Waals surface area contributed by atoms with Crippen LogP contribution in [-0.2, 0) is 11.3 Å². The summed E-state index contributed by atoms with van der Waals surface area (Å²) >= 11 is 0. The van der Waals surface area contributed by atoms with Crippen molar-refractivity contribution >= 4 is 11.6 Å². The van der Waals surface area contributed by atoms with Gasteiger partial charge in [-0.1, -0.05) is 31.6 Å². The first kappa shape index (κ1) is 18.5. The van der Waals surface area contributed by atoms with Gasteiger partial charge in [-0.15, -0.1) is 0 Å². The molecule has 0 aliphatic carbocycles. The highest BCUT2D eigenvalue weighted by atomic mass is 16.3. The molecule has 2 rings (SSSR count). The van der Waals surface area contributed by atoms with E-state index in [0.29, 0.717) is 19.1 Å². The van der Waals surface area contributed by atoms with Gasteiger partial charge in [0, 0.05) is 38.0 Å². The summed E-state index contributed by atoms with van der Waals surface area (Å²) in [6.07, 6.45) is 5.67. The van der Waals surface area contributed by atoms with Gasteiger partial charge in [0.25, 0.3) is 0 Å². The summed E-state index contributed by atoms with van der Waals surface area (Å²) in [6, 6.07) is 8.41. The van der Waals surface area contributed by atoms with Gasteiger partial charge in [-0.2, -0.15) is 0 Å². The first-order valence-electron chi connectivity index (χ1n) is 9.08. The summed E-state index contributed by atoms with van der Waals surface area (Å²) in [4.78, 5) is 14.3. The Morgan fingerprint density at radius 3 is 2.38 bits per heavy atom. The number of nitrogens with zero attached hydrogens (tertiary/aromatic N) is 1. The van der Waals surface area contributed by atoms with Crippen LogP contribution in [0.25, 0.3) is 0 Å². The lowest BCUT2D eigenvalue weighted by molar-refractivity contribution is -0.116. The molecule has 4 nitrogen and oxygen atoms in total. The Labute approximate surface area is 145 Å². The third kappa shape index (κ3) is 5.38. The summed E-state index contributed by atoms with van der Waals surface area (Å²) in [5.41, 5.74) is 3.51. The number of benzene rings is 1. The van der Waals surface area contributed by atoms with E-state index in [0.717, 1.165) is 44.3 Å². The van der Waals surface area contributed by atoms with Gasteiger partial charge < -0.3 is 15.3 Å². The molecule has 1 aliphatic heterocycles. The van der Waals surface area contributed by atoms with Gasteiger partial charge in [0.1, 0.15) is 0 Å². The van der Waals surface area contributed by atoms with E-state index >= 15 is 0 Å². The Bertz CT molecular complexity index is 537. The number of hydrogen-bond acceptors (Lipinski definition) is 3. The minimum absolute atomic E-state index is 0.0103. The molecule has 1 saturated heterocycles. The Morgan fingerprint density at radius 2 is 1.83 bits per heavy atom. The van der Waals surface area contributed by atoms with Crippen molar-refractivity contribution in [3.63, 3.8) is 0 Å². The van der Waals surface area contributed by atoms with Gasteiger partial charge in [0.2, 0.25) is 5.91 Å². The lowest BCUT2D eigenvalue weighted by Crippen LogP contribution is -2.34. The molecule has 0 aromatic heterocycles. The minimum Gasteiger partial charge on any atom is -0.396 e. The molecule has 1 aromatic rings. The van der Waals surface area contributed by atoms with Crippen molar-refractivity contribution in [2.75, 3.05) is 24.6 Å². The third-order valence-corrected chi connectivity index (χ3v) is 4.88. The number of carbonyl (C=O) groups excluding carboxylic acids is 1. The van der Waals surface area contributed by atoms with Crippen LogP contribution in [-0.4, -0.2) is 30.7 Å². The quantitative estimate of drug-likeness (QED) is 0.755. The fourth-order valence-electron chi connectivity index (χ4n) is 3.08. The molecule has 0 radical (unpaired) electrons. The topological polar surface area (TPSA) is 52.6 Å². The maximum atomic E-state index is 11.9. The zero-order valence-electron chi connectivity index (χ0n) is 14.9. The van der Waals surface area contributed by atoms with Gasteiger partial charge in [-0.25, -0.2) is 0 Å². The van der Waals surface area contributed by atoms with Crippen LogP contribution in [0.15, 0.2) is 35.9 Å². The summed E-state index contributed by atoms with van der Waals surface area (Å²) in [5.74, 6) is 0.448. The lowest BCUT2D eigenvalue weighted by atomic mass is 9.97. The standard InChI is InChI=1S/C20H30N2O2/c1-3-16(4-2)13-20(24)21-14-17-5-7-19(8-6-17)22-11-9-18(15-23)10-12-22/h5-8,13,18,23H,3-4,9-12,14-15H2,1-2H3,(H,21,24). The van der Waals surface area contributed by atoms with Gasteiger partial charge in [0.15, 0.2) is 0 Å². The number of aliphatic hydroxyl groups excluding tert-OH is 1. The molecule has 0 spiro atoms. The third-order valence-electron chi connectivity index (χ3n) is 4.88. The van der Waals surface area contributed by atoms with E-state index in [1.807, 2.05) is 0 Å². The predicted molar refractivity (Wildman–Crippen MR) is 99.0 cm³/mol. The SMILES string of the molecule is CCC(=CC(=O)NCc1ccc(N2CCC(CO)CC2)cc1)CC. The molecule has 1 heterocycles. The molecule has 0 unspecified atom stereocenters. The number of amides is 1. The van der Waals surface area contributed by atoms with Crippen LogP contribution in [0.5, 0.6) is 0 Å². The minimum atomic E-state index is -0.0103. The number of aliphatic hydroxyl groups is 1. The molecule has 0 saturated carbocycles. The zero-order chi connectivity index (χ0) is 17.4. The Kier molecular flexibility index (Phi) is 7.32. The second-order valence-corrected chi connectivity index (χ2v) is 6.51. The van der Waals surface area contributed by atoms with Crippen molar-refractivity contribution < 1.29 is 9.90 Å². The van der Waals surface area contributed by atoms with Gasteiger partial charge in [-0.05, 0) is 49.3 Å². The van der Waals surface area contributed by atoms with Crippen LogP contribution >= 0.6 is 0 Å². The number of nitrogens with one attached hydrogen (secondary N) is 1. The summed E-state index contributed by atoms with van der Waals surface area (Å²) < 4.78 is 0. The van der Waals surface area contributed by atoms with E-state index in [9.17, 15) is 9.90 Å². The number of piperidine rings is 1. The molecular weight excluding hydrogens is 300 g/mol. The average Bonchev–Trinajstić information content (AvgIpc) is 2.65. The van der Waals surface area contributed by atoms with Crippen molar-refractivity contribution in [3.05, 3.63) is 41.5 Å². The highest BCUT2D eigenvalue weighted by Crippen LogP contribution is 2.23. The molecular formula is C20H30N2O2. The van der Waals surface area contributed by atoms with E-state index in [-0.39, 0.29) is 5.91 Å². The molecule has 1 aromatic carbocycles. The summed E-state index contributed by atoms with van der Waals surface area (Å²) in [5, 5.41) is 12.2. The van der Waals surface area contributed by atoms with Crippen LogP contribution in [0.3, 0.4) is 0 Å². The van der Waals surface area contributed by atoms with Crippen molar-refractivity contribution in [3.8, 4) is 0 Å². The van der Waals surface area contributed by atoms with Gasteiger partial charge in [-0.3, -0.25) is 4.79 Å². The van der Waals surface area contributed by atoms with Crippen molar-refractivity contribution in [2.24, 2.45) is 5.92 Å². The maximum absolute atomic E-state index is 11.9.